The number of alkyl halides is 1. The van der Waals surface area contributed by atoms with Crippen molar-refractivity contribution in [2.75, 3.05) is 0 Å². The van der Waals surface area contributed by atoms with E-state index >= 15 is 0 Å². The standard InChI is InChI=1S/C28H35BrO4/c1-17(30)32-20-11-13-27(2)19(15-20)16-23(29)25-21-9-10-24(28(21,3)14-12-22(25)27)33-26(31)18-7-5-4-6-8-18/h4-8,16,20-25H,9-15H2,1-3H3/t20-,21?,22?,23+,24-,25?,27-,28-/m0/s1. The molecule has 0 N–H and O–H groups in total. The molecule has 3 fully saturated rings. The fourth-order valence-corrected chi connectivity index (χ4v) is 8.88. The molecule has 0 aromatic heterocycles. The molecule has 4 nitrogen and oxygen atoms in total. The molecule has 5 rings (SSSR count). The normalized spacial score (nSPS) is 41.8. The summed E-state index contributed by atoms with van der Waals surface area (Å²) in [5.41, 5.74) is 2.30. The second kappa shape index (κ2) is 8.55. The molecule has 3 saturated carbocycles. The maximum atomic E-state index is 12.8. The number of esters is 2. The molecule has 1 aromatic rings. The van der Waals surface area contributed by atoms with Crippen LogP contribution in [0, 0.1) is 28.6 Å². The number of ether oxygens (including phenoxy) is 2. The van der Waals surface area contributed by atoms with Gasteiger partial charge in [-0.25, -0.2) is 4.79 Å². The first-order valence-electron chi connectivity index (χ1n) is 12.5. The summed E-state index contributed by atoms with van der Waals surface area (Å²) in [6.07, 6.45) is 9.64. The highest BCUT2D eigenvalue weighted by Crippen LogP contribution is 2.66. The second-order valence-electron chi connectivity index (χ2n) is 11.2. The number of halogens is 1. The topological polar surface area (TPSA) is 52.6 Å². The molecular weight excluding hydrogens is 480 g/mol. The highest BCUT2D eigenvalue weighted by molar-refractivity contribution is 9.09. The summed E-state index contributed by atoms with van der Waals surface area (Å²) in [6, 6.07) is 9.37. The van der Waals surface area contributed by atoms with E-state index < -0.39 is 0 Å². The molecule has 3 unspecified atom stereocenters. The van der Waals surface area contributed by atoms with Crippen LogP contribution in [0.1, 0.15) is 76.1 Å². The molecule has 0 amide bonds. The third-order valence-corrected chi connectivity index (χ3v) is 10.4. The van der Waals surface area contributed by atoms with Crippen LogP contribution in [-0.4, -0.2) is 29.0 Å². The van der Waals surface area contributed by atoms with Crippen molar-refractivity contribution < 1.29 is 19.1 Å². The van der Waals surface area contributed by atoms with Gasteiger partial charge in [-0.05, 0) is 73.8 Å². The Kier molecular flexibility index (Phi) is 5.99. The predicted octanol–water partition coefficient (Wildman–Crippen LogP) is 6.48. The van der Waals surface area contributed by atoms with Crippen molar-refractivity contribution in [1.29, 1.82) is 0 Å². The SMILES string of the molecule is CC(=O)O[C@H]1CC[C@@]2(C)C(=C[C@@H](Br)C3C2CC[C@@]2(C)C3CC[C@@H]2OC(=O)c2ccccc2)C1. The first kappa shape index (κ1) is 23.1. The Morgan fingerprint density at radius 3 is 2.45 bits per heavy atom. The summed E-state index contributed by atoms with van der Waals surface area (Å²) in [5, 5.41) is 0. The van der Waals surface area contributed by atoms with E-state index in [2.05, 4.69) is 35.9 Å². The zero-order valence-electron chi connectivity index (χ0n) is 19.9. The first-order chi connectivity index (χ1) is 15.7. The summed E-state index contributed by atoms with van der Waals surface area (Å²) in [5.74, 6) is 1.32. The molecule has 33 heavy (non-hydrogen) atoms. The summed E-state index contributed by atoms with van der Waals surface area (Å²) in [4.78, 5) is 24.7. The number of fused-ring (bicyclic) bond motifs is 5. The van der Waals surface area contributed by atoms with E-state index in [1.54, 1.807) is 0 Å². The molecule has 0 radical (unpaired) electrons. The van der Waals surface area contributed by atoms with Crippen LogP contribution in [0.15, 0.2) is 42.0 Å². The fourth-order valence-electron chi connectivity index (χ4n) is 7.82. The summed E-state index contributed by atoms with van der Waals surface area (Å²) in [7, 11) is 0. The number of rotatable bonds is 3. The highest BCUT2D eigenvalue weighted by Gasteiger charge is 2.61. The van der Waals surface area contributed by atoms with E-state index in [0.717, 1.165) is 44.9 Å². The summed E-state index contributed by atoms with van der Waals surface area (Å²) < 4.78 is 11.7. The zero-order valence-corrected chi connectivity index (χ0v) is 21.5. The lowest BCUT2D eigenvalue weighted by Gasteiger charge is -2.59. The van der Waals surface area contributed by atoms with Gasteiger partial charge in [-0.3, -0.25) is 4.79 Å². The van der Waals surface area contributed by atoms with Gasteiger partial charge in [0.15, 0.2) is 0 Å². The van der Waals surface area contributed by atoms with Crippen molar-refractivity contribution in [2.45, 2.75) is 82.8 Å². The maximum absolute atomic E-state index is 12.8. The number of carbonyl (C=O) groups excluding carboxylic acids is 2. The van der Waals surface area contributed by atoms with Crippen LogP contribution in [0.3, 0.4) is 0 Å². The van der Waals surface area contributed by atoms with Crippen molar-refractivity contribution in [3.63, 3.8) is 0 Å². The van der Waals surface area contributed by atoms with Gasteiger partial charge in [0.2, 0.25) is 0 Å². The molecule has 4 aliphatic rings. The van der Waals surface area contributed by atoms with Gasteiger partial charge >= 0.3 is 11.9 Å². The van der Waals surface area contributed by atoms with Gasteiger partial charge in [0.25, 0.3) is 0 Å². The quantitative estimate of drug-likeness (QED) is 0.263. The van der Waals surface area contributed by atoms with Crippen LogP contribution in [0.25, 0.3) is 0 Å². The van der Waals surface area contributed by atoms with Crippen molar-refractivity contribution in [3.8, 4) is 0 Å². The lowest BCUT2D eigenvalue weighted by Crippen LogP contribution is -2.54. The van der Waals surface area contributed by atoms with Gasteiger partial charge in [-0.1, -0.05) is 59.6 Å². The van der Waals surface area contributed by atoms with Crippen LogP contribution in [0.4, 0.5) is 0 Å². The number of benzene rings is 1. The van der Waals surface area contributed by atoms with Crippen molar-refractivity contribution in [1.82, 2.24) is 0 Å². The Balaban J connectivity index is 1.37. The molecule has 0 bridgehead atoms. The molecule has 4 aliphatic carbocycles. The Morgan fingerprint density at radius 1 is 0.970 bits per heavy atom. The number of allylic oxidation sites excluding steroid dienone is 1. The lowest BCUT2D eigenvalue weighted by molar-refractivity contribution is -0.148. The minimum absolute atomic E-state index is 0.0141. The van der Waals surface area contributed by atoms with E-state index in [4.69, 9.17) is 9.47 Å². The molecule has 8 atom stereocenters. The Labute approximate surface area is 205 Å². The zero-order chi connectivity index (χ0) is 23.4. The number of hydrogen-bond acceptors (Lipinski definition) is 4. The highest BCUT2D eigenvalue weighted by atomic mass is 79.9. The first-order valence-corrected chi connectivity index (χ1v) is 13.4. The van der Waals surface area contributed by atoms with Crippen LogP contribution in [0.2, 0.25) is 0 Å². The third kappa shape index (κ3) is 3.88. The van der Waals surface area contributed by atoms with Crippen LogP contribution in [-0.2, 0) is 14.3 Å². The molecule has 0 saturated heterocycles. The van der Waals surface area contributed by atoms with Crippen LogP contribution in [0.5, 0.6) is 0 Å². The van der Waals surface area contributed by atoms with E-state index in [-0.39, 0.29) is 35.0 Å². The molecule has 178 valence electrons. The van der Waals surface area contributed by atoms with Crippen molar-refractivity contribution in [3.05, 3.63) is 47.5 Å². The molecule has 0 heterocycles. The summed E-state index contributed by atoms with van der Waals surface area (Å²) in [6.45, 7) is 6.32. The molecule has 5 heteroatoms. The average molecular weight is 515 g/mol. The number of carbonyl (C=O) groups is 2. The molecular formula is C28H35BrO4. The maximum Gasteiger partial charge on any atom is 0.338 e. The lowest BCUT2D eigenvalue weighted by atomic mass is 9.48. The van der Waals surface area contributed by atoms with E-state index in [0.29, 0.717) is 28.1 Å². The van der Waals surface area contributed by atoms with Gasteiger partial charge in [0, 0.05) is 23.6 Å². The monoisotopic (exact) mass is 514 g/mol. The average Bonchev–Trinajstić information content (AvgIpc) is 3.11. The third-order valence-electron chi connectivity index (χ3n) is 9.55. The minimum Gasteiger partial charge on any atom is -0.462 e. The predicted molar refractivity (Wildman–Crippen MR) is 131 cm³/mol. The second-order valence-corrected chi connectivity index (χ2v) is 12.3. The van der Waals surface area contributed by atoms with Crippen molar-refractivity contribution >= 4 is 27.9 Å². The smallest absolute Gasteiger partial charge is 0.338 e. The van der Waals surface area contributed by atoms with E-state index in [9.17, 15) is 9.59 Å². The fraction of sp³-hybridized carbons (Fsp3) is 0.643. The minimum atomic E-state index is -0.193. The van der Waals surface area contributed by atoms with Crippen LogP contribution >= 0.6 is 15.9 Å². The van der Waals surface area contributed by atoms with Gasteiger partial charge in [0.05, 0.1) is 5.56 Å². The van der Waals surface area contributed by atoms with Gasteiger partial charge < -0.3 is 9.47 Å². The Bertz CT molecular complexity index is 958. The molecule has 1 aromatic carbocycles. The molecule has 0 spiro atoms. The molecule has 0 aliphatic heterocycles. The summed E-state index contributed by atoms with van der Waals surface area (Å²) >= 11 is 4.06. The van der Waals surface area contributed by atoms with Crippen molar-refractivity contribution in [2.24, 2.45) is 28.6 Å². The van der Waals surface area contributed by atoms with Gasteiger partial charge in [-0.15, -0.1) is 0 Å². The van der Waals surface area contributed by atoms with Gasteiger partial charge in [-0.2, -0.15) is 0 Å². The van der Waals surface area contributed by atoms with E-state index in [1.807, 2.05) is 30.3 Å². The number of hydrogen-bond donors (Lipinski definition) is 0. The van der Waals surface area contributed by atoms with Crippen LogP contribution < -0.4 is 0 Å². The Morgan fingerprint density at radius 2 is 1.73 bits per heavy atom. The largest absolute Gasteiger partial charge is 0.462 e. The Hall–Kier alpha value is -1.62. The van der Waals surface area contributed by atoms with Gasteiger partial charge in [0.1, 0.15) is 12.2 Å². The van der Waals surface area contributed by atoms with E-state index in [1.165, 1.54) is 12.5 Å².